The summed E-state index contributed by atoms with van der Waals surface area (Å²) in [6.07, 6.45) is 1.01. The highest BCUT2D eigenvalue weighted by molar-refractivity contribution is 5.27. The van der Waals surface area contributed by atoms with Crippen molar-refractivity contribution in [1.82, 2.24) is 0 Å². The molecule has 0 heterocycles. The summed E-state index contributed by atoms with van der Waals surface area (Å²) >= 11 is 0. The molecular formula is C9H11O. The van der Waals surface area contributed by atoms with Crippen LogP contribution in [0.4, 0.5) is 0 Å². The summed E-state index contributed by atoms with van der Waals surface area (Å²) in [7, 11) is 1.68. The van der Waals surface area contributed by atoms with E-state index in [4.69, 9.17) is 4.74 Å². The summed E-state index contributed by atoms with van der Waals surface area (Å²) in [6, 6.07) is 8.90. The Kier molecular flexibility index (Phi) is 2.32. The molecule has 1 radical (unpaired) electrons. The molecule has 0 saturated carbocycles. The normalized spacial score (nSPS) is 9.40. The SMILES string of the molecule is CCc1[c]ccc(OC)c1. The highest BCUT2D eigenvalue weighted by Crippen LogP contribution is 2.11. The van der Waals surface area contributed by atoms with Crippen molar-refractivity contribution in [3.05, 3.63) is 29.8 Å². The van der Waals surface area contributed by atoms with Crippen LogP contribution in [0.5, 0.6) is 5.75 Å². The molecule has 53 valence electrons. The number of benzene rings is 1. The van der Waals surface area contributed by atoms with Crippen molar-refractivity contribution in [2.75, 3.05) is 7.11 Å². The van der Waals surface area contributed by atoms with E-state index in [1.165, 1.54) is 5.56 Å². The van der Waals surface area contributed by atoms with Gasteiger partial charge in [-0.1, -0.05) is 13.0 Å². The van der Waals surface area contributed by atoms with E-state index in [2.05, 4.69) is 13.0 Å². The van der Waals surface area contributed by atoms with E-state index >= 15 is 0 Å². The lowest BCUT2D eigenvalue weighted by Gasteiger charge is -1.99. The topological polar surface area (TPSA) is 9.23 Å². The fourth-order valence-electron chi connectivity index (χ4n) is 0.823. The Labute approximate surface area is 61.6 Å². The number of rotatable bonds is 2. The number of aryl methyl sites for hydroxylation is 1. The van der Waals surface area contributed by atoms with Gasteiger partial charge in [-0.3, -0.25) is 0 Å². The molecule has 1 nitrogen and oxygen atoms in total. The number of methoxy groups -OCH3 is 1. The lowest BCUT2D eigenvalue weighted by molar-refractivity contribution is 0.414. The Hall–Kier alpha value is -0.980. The minimum atomic E-state index is 0.913. The van der Waals surface area contributed by atoms with Crippen LogP contribution in [0.1, 0.15) is 12.5 Å². The highest BCUT2D eigenvalue weighted by atomic mass is 16.5. The zero-order valence-corrected chi connectivity index (χ0v) is 6.35. The third kappa shape index (κ3) is 1.50. The van der Waals surface area contributed by atoms with E-state index in [9.17, 15) is 0 Å². The van der Waals surface area contributed by atoms with Gasteiger partial charge in [0.25, 0.3) is 0 Å². The zero-order valence-electron chi connectivity index (χ0n) is 6.35. The third-order valence-electron chi connectivity index (χ3n) is 1.45. The molecule has 0 unspecified atom stereocenters. The molecule has 0 spiro atoms. The van der Waals surface area contributed by atoms with Crippen molar-refractivity contribution in [3.63, 3.8) is 0 Å². The Balaban J connectivity index is 2.87. The molecule has 0 aliphatic heterocycles. The van der Waals surface area contributed by atoms with Gasteiger partial charge in [0.05, 0.1) is 7.11 Å². The summed E-state index contributed by atoms with van der Waals surface area (Å²) in [4.78, 5) is 0. The first-order chi connectivity index (χ1) is 4.86. The van der Waals surface area contributed by atoms with Crippen molar-refractivity contribution in [3.8, 4) is 5.75 Å². The van der Waals surface area contributed by atoms with Gasteiger partial charge >= 0.3 is 0 Å². The molecule has 0 fully saturated rings. The quantitative estimate of drug-likeness (QED) is 0.603. The van der Waals surface area contributed by atoms with Crippen LogP contribution in [0, 0.1) is 6.07 Å². The van der Waals surface area contributed by atoms with Crippen molar-refractivity contribution < 1.29 is 4.74 Å². The molecule has 0 bridgehead atoms. The molecule has 1 aromatic rings. The second kappa shape index (κ2) is 3.25. The van der Waals surface area contributed by atoms with Gasteiger partial charge in [0.15, 0.2) is 0 Å². The summed E-state index contributed by atoms with van der Waals surface area (Å²) in [5.41, 5.74) is 1.19. The van der Waals surface area contributed by atoms with Gasteiger partial charge in [-0.2, -0.15) is 0 Å². The van der Waals surface area contributed by atoms with Crippen LogP contribution in [0.2, 0.25) is 0 Å². The molecule has 0 aliphatic carbocycles. The van der Waals surface area contributed by atoms with Crippen LogP contribution < -0.4 is 4.74 Å². The van der Waals surface area contributed by atoms with Gasteiger partial charge in [0.1, 0.15) is 5.75 Å². The van der Waals surface area contributed by atoms with E-state index in [-0.39, 0.29) is 0 Å². The fraction of sp³-hybridized carbons (Fsp3) is 0.333. The standard InChI is InChI=1S/C9H11O/c1-3-8-5-4-6-9(7-8)10-2/h4,6-7H,3H2,1-2H3. The Morgan fingerprint density at radius 2 is 2.40 bits per heavy atom. The predicted molar refractivity (Wildman–Crippen MR) is 41.2 cm³/mol. The Bertz CT molecular complexity index is 186. The molecule has 10 heavy (non-hydrogen) atoms. The lowest BCUT2D eigenvalue weighted by atomic mass is 10.2. The monoisotopic (exact) mass is 135 g/mol. The Morgan fingerprint density at radius 3 is 3.00 bits per heavy atom. The molecule has 1 heteroatoms. The van der Waals surface area contributed by atoms with Gasteiger partial charge in [-0.15, -0.1) is 0 Å². The average Bonchev–Trinajstić information content (AvgIpc) is 2.05. The number of hydrogen-bond acceptors (Lipinski definition) is 1. The molecule has 0 amide bonds. The molecular weight excluding hydrogens is 124 g/mol. The first-order valence-corrected chi connectivity index (χ1v) is 3.41. The van der Waals surface area contributed by atoms with Gasteiger partial charge in [-0.25, -0.2) is 0 Å². The predicted octanol–water partition coefficient (Wildman–Crippen LogP) is 2.06. The Morgan fingerprint density at radius 1 is 1.60 bits per heavy atom. The molecule has 0 atom stereocenters. The van der Waals surface area contributed by atoms with E-state index in [1.807, 2.05) is 18.2 Å². The van der Waals surface area contributed by atoms with E-state index in [0.717, 1.165) is 12.2 Å². The highest BCUT2D eigenvalue weighted by Gasteiger charge is 1.91. The average molecular weight is 135 g/mol. The van der Waals surface area contributed by atoms with Crippen molar-refractivity contribution in [1.29, 1.82) is 0 Å². The molecule has 0 saturated heterocycles. The lowest BCUT2D eigenvalue weighted by Crippen LogP contribution is -1.84. The maximum Gasteiger partial charge on any atom is 0.119 e. The van der Waals surface area contributed by atoms with Crippen molar-refractivity contribution >= 4 is 0 Å². The van der Waals surface area contributed by atoms with Gasteiger partial charge in [0.2, 0.25) is 0 Å². The molecule has 0 N–H and O–H groups in total. The third-order valence-corrected chi connectivity index (χ3v) is 1.45. The summed E-state index contributed by atoms with van der Waals surface area (Å²) in [5.74, 6) is 0.913. The van der Waals surface area contributed by atoms with Gasteiger partial charge < -0.3 is 4.74 Å². The van der Waals surface area contributed by atoms with Gasteiger partial charge in [-0.05, 0) is 30.2 Å². The first kappa shape index (κ1) is 7.13. The zero-order chi connectivity index (χ0) is 7.40. The molecule has 1 rings (SSSR count). The van der Waals surface area contributed by atoms with Crippen LogP contribution in [-0.2, 0) is 6.42 Å². The van der Waals surface area contributed by atoms with Crippen molar-refractivity contribution in [2.24, 2.45) is 0 Å². The van der Waals surface area contributed by atoms with E-state index in [1.54, 1.807) is 7.11 Å². The molecule has 0 aromatic heterocycles. The van der Waals surface area contributed by atoms with E-state index < -0.39 is 0 Å². The van der Waals surface area contributed by atoms with Crippen LogP contribution in [-0.4, -0.2) is 7.11 Å². The van der Waals surface area contributed by atoms with Crippen molar-refractivity contribution in [2.45, 2.75) is 13.3 Å². The minimum Gasteiger partial charge on any atom is -0.497 e. The smallest absolute Gasteiger partial charge is 0.119 e. The maximum atomic E-state index is 5.04. The second-order valence-electron chi connectivity index (χ2n) is 2.11. The van der Waals surface area contributed by atoms with Crippen LogP contribution in [0.25, 0.3) is 0 Å². The molecule has 0 aliphatic rings. The second-order valence-corrected chi connectivity index (χ2v) is 2.11. The van der Waals surface area contributed by atoms with Crippen LogP contribution >= 0.6 is 0 Å². The fourth-order valence-corrected chi connectivity index (χ4v) is 0.823. The summed E-state index contributed by atoms with van der Waals surface area (Å²) in [5, 5.41) is 0. The number of ether oxygens (including phenoxy) is 1. The summed E-state index contributed by atoms with van der Waals surface area (Å²) < 4.78 is 5.04. The summed E-state index contributed by atoms with van der Waals surface area (Å²) in [6.45, 7) is 2.10. The first-order valence-electron chi connectivity index (χ1n) is 3.41. The molecule has 1 aromatic carbocycles. The van der Waals surface area contributed by atoms with Crippen LogP contribution in [0.3, 0.4) is 0 Å². The largest absolute Gasteiger partial charge is 0.497 e. The van der Waals surface area contributed by atoms with Crippen LogP contribution in [0.15, 0.2) is 18.2 Å². The number of hydrogen-bond donors (Lipinski definition) is 0. The van der Waals surface area contributed by atoms with Gasteiger partial charge in [0, 0.05) is 0 Å². The minimum absolute atomic E-state index is 0.913. The maximum absolute atomic E-state index is 5.04. The van der Waals surface area contributed by atoms with E-state index in [0.29, 0.717) is 0 Å².